The highest BCUT2D eigenvalue weighted by molar-refractivity contribution is 6.33. The average molecular weight is 401 g/mol. The lowest BCUT2D eigenvalue weighted by atomic mass is 9.98. The molecule has 0 aliphatic heterocycles. The van der Waals surface area contributed by atoms with Crippen molar-refractivity contribution in [2.45, 2.75) is 33.1 Å². The minimum Gasteiger partial charge on any atom is -0.490 e. The standard InChI is InChI=1S/C24H23ClF2O/c1-3-5-14-28-22-13-12-20(23(26)24(22)27)18-10-11-19(21(25)15-18)17-8-6-16(4-2)7-9-17/h6-13,15H,3-5,14H2,1-2H3. The van der Waals surface area contributed by atoms with Gasteiger partial charge in [-0.25, -0.2) is 4.39 Å². The Balaban J connectivity index is 1.90. The number of benzene rings is 3. The van der Waals surface area contributed by atoms with Crippen molar-refractivity contribution in [1.29, 1.82) is 0 Å². The van der Waals surface area contributed by atoms with Crippen LogP contribution in [-0.2, 0) is 6.42 Å². The van der Waals surface area contributed by atoms with Crippen LogP contribution in [0.2, 0.25) is 5.02 Å². The second-order valence-electron chi connectivity index (χ2n) is 6.69. The van der Waals surface area contributed by atoms with Gasteiger partial charge in [-0.1, -0.05) is 68.3 Å². The molecule has 0 aromatic heterocycles. The van der Waals surface area contributed by atoms with Crippen molar-refractivity contribution < 1.29 is 13.5 Å². The highest BCUT2D eigenvalue weighted by Crippen LogP contribution is 2.35. The summed E-state index contributed by atoms with van der Waals surface area (Å²) in [5.41, 5.74) is 3.77. The molecular weight excluding hydrogens is 378 g/mol. The predicted molar refractivity (Wildman–Crippen MR) is 112 cm³/mol. The lowest BCUT2D eigenvalue weighted by Gasteiger charge is -2.12. The Morgan fingerprint density at radius 1 is 0.821 bits per heavy atom. The van der Waals surface area contributed by atoms with Gasteiger partial charge in [0.2, 0.25) is 5.82 Å². The molecule has 1 nitrogen and oxygen atoms in total. The summed E-state index contributed by atoms with van der Waals surface area (Å²) in [7, 11) is 0. The Hall–Kier alpha value is -2.39. The monoisotopic (exact) mass is 400 g/mol. The normalized spacial score (nSPS) is 10.9. The van der Waals surface area contributed by atoms with Crippen LogP contribution < -0.4 is 4.74 Å². The summed E-state index contributed by atoms with van der Waals surface area (Å²) in [6.45, 7) is 4.48. The first-order chi connectivity index (χ1) is 13.5. The van der Waals surface area contributed by atoms with Crippen LogP contribution in [0.1, 0.15) is 32.3 Å². The molecule has 0 heterocycles. The van der Waals surface area contributed by atoms with E-state index in [4.69, 9.17) is 16.3 Å². The molecule has 0 unspecified atom stereocenters. The summed E-state index contributed by atoms with van der Waals surface area (Å²) in [6, 6.07) is 16.4. The van der Waals surface area contributed by atoms with Crippen LogP contribution in [0.25, 0.3) is 22.3 Å². The molecule has 28 heavy (non-hydrogen) atoms. The first-order valence-corrected chi connectivity index (χ1v) is 9.93. The van der Waals surface area contributed by atoms with Crippen LogP contribution >= 0.6 is 11.6 Å². The van der Waals surface area contributed by atoms with Crippen molar-refractivity contribution >= 4 is 11.6 Å². The quantitative estimate of drug-likeness (QED) is 0.369. The van der Waals surface area contributed by atoms with E-state index in [0.29, 0.717) is 17.2 Å². The van der Waals surface area contributed by atoms with Gasteiger partial charge < -0.3 is 4.74 Å². The van der Waals surface area contributed by atoms with E-state index in [0.717, 1.165) is 30.4 Å². The van der Waals surface area contributed by atoms with E-state index in [1.165, 1.54) is 17.7 Å². The molecule has 0 amide bonds. The molecule has 3 aromatic carbocycles. The molecule has 3 aromatic rings. The molecule has 3 rings (SSSR count). The van der Waals surface area contributed by atoms with E-state index in [1.54, 1.807) is 12.1 Å². The maximum absolute atomic E-state index is 14.6. The Kier molecular flexibility index (Phi) is 6.69. The summed E-state index contributed by atoms with van der Waals surface area (Å²) in [5.74, 6) is -1.96. The van der Waals surface area contributed by atoms with E-state index >= 15 is 0 Å². The van der Waals surface area contributed by atoms with Crippen molar-refractivity contribution in [2.75, 3.05) is 6.61 Å². The number of hydrogen-bond donors (Lipinski definition) is 0. The molecule has 0 aliphatic carbocycles. The second-order valence-corrected chi connectivity index (χ2v) is 7.09. The van der Waals surface area contributed by atoms with E-state index in [1.807, 2.05) is 25.1 Å². The third kappa shape index (κ3) is 4.36. The summed E-state index contributed by atoms with van der Waals surface area (Å²) < 4.78 is 34.3. The van der Waals surface area contributed by atoms with Crippen molar-refractivity contribution in [3.63, 3.8) is 0 Å². The lowest BCUT2D eigenvalue weighted by Crippen LogP contribution is -2.01. The summed E-state index contributed by atoms with van der Waals surface area (Å²) in [4.78, 5) is 0. The van der Waals surface area contributed by atoms with Crippen molar-refractivity contribution in [3.8, 4) is 28.0 Å². The molecule has 0 atom stereocenters. The van der Waals surface area contributed by atoms with Gasteiger partial charge in [-0.05, 0) is 47.7 Å². The van der Waals surface area contributed by atoms with Crippen LogP contribution in [0.4, 0.5) is 8.78 Å². The smallest absolute Gasteiger partial charge is 0.201 e. The van der Waals surface area contributed by atoms with Gasteiger partial charge in [0, 0.05) is 16.1 Å². The molecule has 0 spiro atoms. The summed E-state index contributed by atoms with van der Waals surface area (Å²) in [6.07, 6.45) is 2.68. The van der Waals surface area contributed by atoms with E-state index in [2.05, 4.69) is 19.1 Å². The topological polar surface area (TPSA) is 9.23 Å². The van der Waals surface area contributed by atoms with Gasteiger partial charge in [-0.2, -0.15) is 4.39 Å². The molecular formula is C24H23ClF2O. The molecule has 0 saturated heterocycles. The lowest BCUT2D eigenvalue weighted by molar-refractivity contribution is 0.289. The molecule has 0 N–H and O–H groups in total. The maximum Gasteiger partial charge on any atom is 0.201 e. The van der Waals surface area contributed by atoms with Crippen molar-refractivity contribution in [1.82, 2.24) is 0 Å². The Bertz CT molecular complexity index is 952. The fourth-order valence-corrected chi connectivity index (χ4v) is 3.32. The van der Waals surface area contributed by atoms with Gasteiger partial charge in [0.15, 0.2) is 11.6 Å². The predicted octanol–water partition coefficient (Wildman–Crippen LogP) is 7.69. The number of ether oxygens (including phenoxy) is 1. The zero-order valence-electron chi connectivity index (χ0n) is 16.1. The van der Waals surface area contributed by atoms with E-state index in [-0.39, 0.29) is 11.3 Å². The number of halogens is 3. The maximum atomic E-state index is 14.6. The second kappa shape index (κ2) is 9.20. The summed E-state index contributed by atoms with van der Waals surface area (Å²) >= 11 is 6.45. The minimum atomic E-state index is -0.969. The number of aryl methyl sites for hydroxylation is 1. The van der Waals surface area contributed by atoms with Crippen molar-refractivity contribution in [3.05, 3.63) is 76.8 Å². The van der Waals surface area contributed by atoms with Crippen LogP contribution in [-0.4, -0.2) is 6.61 Å². The molecule has 4 heteroatoms. The zero-order valence-corrected chi connectivity index (χ0v) is 16.8. The van der Waals surface area contributed by atoms with Crippen LogP contribution in [0.5, 0.6) is 5.75 Å². The van der Waals surface area contributed by atoms with Gasteiger partial charge >= 0.3 is 0 Å². The molecule has 0 fully saturated rings. The minimum absolute atomic E-state index is 0.0616. The highest BCUT2D eigenvalue weighted by Gasteiger charge is 2.17. The van der Waals surface area contributed by atoms with Crippen molar-refractivity contribution in [2.24, 2.45) is 0 Å². The third-order valence-electron chi connectivity index (χ3n) is 4.76. The first-order valence-electron chi connectivity index (χ1n) is 9.55. The summed E-state index contributed by atoms with van der Waals surface area (Å²) in [5, 5.41) is 0.491. The van der Waals surface area contributed by atoms with E-state index in [9.17, 15) is 8.78 Å². The molecule has 0 saturated carbocycles. The number of rotatable bonds is 7. The molecule has 146 valence electrons. The van der Waals surface area contributed by atoms with Gasteiger partial charge in [0.05, 0.1) is 6.61 Å². The van der Waals surface area contributed by atoms with Crippen LogP contribution in [0, 0.1) is 11.6 Å². The fraction of sp³-hybridized carbons (Fsp3) is 0.250. The first kappa shape index (κ1) is 20.3. The van der Waals surface area contributed by atoms with Gasteiger partial charge in [0.25, 0.3) is 0 Å². The highest BCUT2D eigenvalue weighted by atomic mass is 35.5. The Labute approximate surface area is 169 Å². The SMILES string of the molecule is CCCCOc1ccc(-c2ccc(-c3ccc(CC)cc3)c(Cl)c2)c(F)c1F. The zero-order chi connectivity index (χ0) is 20.1. The van der Waals surface area contributed by atoms with E-state index < -0.39 is 11.6 Å². The van der Waals surface area contributed by atoms with Gasteiger partial charge in [-0.3, -0.25) is 0 Å². The molecule has 0 bridgehead atoms. The largest absolute Gasteiger partial charge is 0.490 e. The van der Waals surface area contributed by atoms with Gasteiger partial charge in [-0.15, -0.1) is 0 Å². The average Bonchev–Trinajstić information content (AvgIpc) is 2.71. The number of unbranched alkanes of at least 4 members (excludes halogenated alkanes) is 1. The van der Waals surface area contributed by atoms with Crippen LogP contribution in [0.15, 0.2) is 54.6 Å². The van der Waals surface area contributed by atoms with Gasteiger partial charge in [0.1, 0.15) is 0 Å². The molecule has 0 radical (unpaired) electrons. The molecule has 0 aliphatic rings. The Morgan fingerprint density at radius 3 is 2.14 bits per heavy atom. The fourth-order valence-electron chi connectivity index (χ4n) is 3.03. The van der Waals surface area contributed by atoms with Crippen LogP contribution in [0.3, 0.4) is 0 Å². The number of hydrogen-bond acceptors (Lipinski definition) is 1. The Morgan fingerprint density at radius 2 is 1.50 bits per heavy atom. The third-order valence-corrected chi connectivity index (χ3v) is 5.07.